The van der Waals surface area contributed by atoms with Crippen LogP contribution in [0.25, 0.3) is 0 Å². The lowest BCUT2D eigenvalue weighted by molar-refractivity contribution is 0.168. The van der Waals surface area contributed by atoms with Gasteiger partial charge in [-0.3, -0.25) is 0 Å². The van der Waals surface area contributed by atoms with Gasteiger partial charge in [-0.05, 0) is 31.1 Å². The number of alkyl halides is 1. The van der Waals surface area contributed by atoms with E-state index in [9.17, 15) is 0 Å². The van der Waals surface area contributed by atoms with Gasteiger partial charge in [0.15, 0.2) is 0 Å². The van der Waals surface area contributed by atoms with Gasteiger partial charge in [-0.15, -0.1) is 11.6 Å². The Morgan fingerprint density at radius 1 is 1.25 bits per heavy atom. The van der Waals surface area contributed by atoms with Crippen LogP contribution in [-0.2, 0) is 4.74 Å². The van der Waals surface area contributed by atoms with Gasteiger partial charge in [0.05, 0.1) is 0 Å². The van der Waals surface area contributed by atoms with Crippen molar-refractivity contribution in [2.75, 3.05) is 19.6 Å². The van der Waals surface area contributed by atoms with Gasteiger partial charge in [0.25, 0.3) is 0 Å². The monoisotopic (exact) mass is 192 g/mol. The summed E-state index contributed by atoms with van der Waals surface area (Å²) < 4.78 is 5.03. The summed E-state index contributed by atoms with van der Waals surface area (Å²) in [4.78, 5) is 0. The van der Waals surface area contributed by atoms with Crippen molar-refractivity contribution in [2.24, 2.45) is 5.41 Å². The number of hydrogen-bond donors (Lipinski definition) is 0. The van der Waals surface area contributed by atoms with Crippen LogP contribution < -0.4 is 0 Å². The number of rotatable bonds is 7. The predicted octanol–water partition coefficient (Wildman–Crippen LogP) is 3.46. The van der Waals surface area contributed by atoms with Crippen molar-refractivity contribution in [3.63, 3.8) is 0 Å². The summed E-state index contributed by atoms with van der Waals surface area (Å²) >= 11 is 5.96. The largest absolute Gasteiger partial charge is 0.385 e. The first-order chi connectivity index (χ1) is 5.74. The molecule has 0 unspecified atom stereocenters. The zero-order valence-corrected chi connectivity index (χ0v) is 9.28. The second-order valence-corrected chi connectivity index (χ2v) is 3.70. The Bertz CT molecular complexity index is 91.7. The molecule has 0 heterocycles. The molecule has 0 fully saturated rings. The molecule has 0 aliphatic heterocycles. The molecule has 0 saturated heterocycles. The van der Waals surface area contributed by atoms with Crippen LogP contribution in [0.5, 0.6) is 0 Å². The molecule has 0 aliphatic rings. The molecule has 0 bridgehead atoms. The summed E-state index contributed by atoms with van der Waals surface area (Å²) in [7, 11) is 1.75. The quantitative estimate of drug-likeness (QED) is 0.444. The SMILES string of the molecule is CCC(CC)(CCl)CCCOC. The van der Waals surface area contributed by atoms with Crippen LogP contribution in [0, 0.1) is 5.41 Å². The van der Waals surface area contributed by atoms with Crippen LogP contribution in [0.3, 0.4) is 0 Å². The lowest BCUT2D eigenvalue weighted by Gasteiger charge is -2.29. The summed E-state index contributed by atoms with van der Waals surface area (Å²) in [6.07, 6.45) is 4.68. The van der Waals surface area contributed by atoms with Crippen molar-refractivity contribution < 1.29 is 4.74 Å². The first-order valence-corrected chi connectivity index (χ1v) is 5.33. The third-order valence-corrected chi connectivity index (χ3v) is 3.41. The van der Waals surface area contributed by atoms with Gasteiger partial charge >= 0.3 is 0 Å². The molecular formula is C10H21ClO. The van der Waals surface area contributed by atoms with Crippen LogP contribution in [0.4, 0.5) is 0 Å². The lowest BCUT2D eigenvalue weighted by atomic mass is 9.80. The highest BCUT2D eigenvalue weighted by Gasteiger charge is 2.23. The average Bonchev–Trinajstić information content (AvgIpc) is 2.14. The minimum absolute atomic E-state index is 0.361. The highest BCUT2D eigenvalue weighted by atomic mass is 35.5. The third-order valence-electron chi connectivity index (χ3n) is 2.84. The zero-order valence-electron chi connectivity index (χ0n) is 8.53. The van der Waals surface area contributed by atoms with Crippen molar-refractivity contribution in [1.82, 2.24) is 0 Å². The van der Waals surface area contributed by atoms with Crippen molar-refractivity contribution >= 4 is 11.6 Å². The highest BCUT2D eigenvalue weighted by molar-refractivity contribution is 6.18. The van der Waals surface area contributed by atoms with E-state index >= 15 is 0 Å². The van der Waals surface area contributed by atoms with Crippen LogP contribution >= 0.6 is 11.6 Å². The molecule has 0 spiro atoms. The fourth-order valence-electron chi connectivity index (χ4n) is 1.45. The number of methoxy groups -OCH3 is 1. The van der Waals surface area contributed by atoms with E-state index in [1.165, 1.54) is 19.3 Å². The summed E-state index contributed by atoms with van der Waals surface area (Å²) in [5.74, 6) is 0.781. The van der Waals surface area contributed by atoms with Crippen LogP contribution in [0.2, 0.25) is 0 Å². The van der Waals surface area contributed by atoms with Gasteiger partial charge in [0, 0.05) is 19.6 Å². The minimum Gasteiger partial charge on any atom is -0.385 e. The Balaban J connectivity index is 3.76. The van der Waals surface area contributed by atoms with Crippen molar-refractivity contribution in [2.45, 2.75) is 39.5 Å². The van der Waals surface area contributed by atoms with Gasteiger partial charge < -0.3 is 4.74 Å². The summed E-state index contributed by atoms with van der Waals surface area (Å²) in [5, 5.41) is 0. The van der Waals surface area contributed by atoms with Gasteiger partial charge in [-0.1, -0.05) is 13.8 Å². The fourth-order valence-corrected chi connectivity index (χ4v) is 1.96. The Labute approximate surface area is 81.4 Å². The van der Waals surface area contributed by atoms with Crippen molar-refractivity contribution in [1.29, 1.82) is 0 Å². The Kier molecular flexibility index (Phi) is 6.87. The van der Waals surface area contributed by atoms with E-state index in [1.54, 1.807) is 7.11 Å². The van der Waals surface area contributed by atoms with E-state index in [4.69, 9.17) is 16.3 Å². The van der Waals surface area contributed by atoms with Gasteiger partial charge in [-0.25, -0.2) is 0 Å². The Morgan fingerprint density at radius 3 is 2.17 bits per heavy atom. The van der Waals surface area contributed by atoms with Crippen molar-refractivity contribution in [3.05, 3.63) is 0 Å². The first-order valence-electron chi connectivity index (χ1n) is 4.79. The van der Waals surface area contributed by atoms with Gasteiger partial charge in [0.1, 0.15) is 0 Å². The molecule has 0 rings (SSSR count). The molecule has 0 aliphatic carbocycles. The first kappa shape index (κ1) is 12.2. The van der Waals surface area contributed by atoms with E-state index in [1.807, 2.05) is 0 Å². The Hall–Kier alpha value is 0.250. The number of ether oxygens (including phenoxy) is 1. The Morgan fingerprint density at radius 2 is 1.83 bits per heavy atom. The highest BCUT2D eigenvalue weighted by Crippen LogP contribution is 2.33. The second-order valence-electron chi connectivity index (χ2n) is 3.44. The third kappa shape index (κ3) is 3.77. The number of hydrogen-bond acceptors (Lipinski definition) is 1. The van der Waals surface area contributed by atoms with Gasteiger partial charge in [-0.2, -0.15) is 0 Å². The van der Waals surface area contributed by atoms with Crippen LogP contribution in [0.15, 0.2) is 0 Å². The minimum atomic E-state index is 0.361. The second kappa shape index (κ2) is 6.73. The number of halogens is 1. The molecule has 0 aromatic carbocycles. The van der Waals surface area contributed by atoms with Crippen molar-refractivity contribution in [3.8, 4) is 0 Å². The molecule has 0 N–H and O–H groups in total. The molecule has 0 atom stereocenters. The fraction of sp³-hybridized carbons (Fsp3) is 1.00. The molecule has 12 heavy (non-hydrogen) atoms. The molecule has 1 nitrogen and oxygen atoms in total. The standard InChI is InChI=1S/C10H21ClO/c1-4-10(5-2,9-11)7-6-8-12-3/h4-9H2,1-3H3. The van der Waals surface area contributed by atoms with E-state index in [0.717, 1.165) is 18.9 Å². The van der Waals surface area contributed by atoms with E-state index in [-0.39, 0.29) is 0 Å². The maximum atomic E-state index is 5.96. The van der Waals surface area contributed by atoms with E-state index in [0.29, 0.717) is 5.41 Å². The normalized spacial score (nSPS) is 12.0. The van der Waals surface area contributed by atoms with E-state index < -0.39 is 0 Å². The molecule has 0 radical (unpaired) electrons. The summed E-state index contributed by atoms with van der Waals surface area (Å²) in [5.41, 5.74) is 0.361. The summed E-state index contributed by atoms with van der Waals surface area (Å²) in [6, 6.07) is 0. The van der Waals surface area contributed by atoms with Gasteiger partial charge in [0.2, 0.25) is 0 Å². The molecule has 0 aromatic rings. The van der Waals surface area contributed by atoms with Crippen LogP contribution in [-0.4, -0.2) is 19.6 Å². The molecule has 74 valence electrons. The zero-order chi connectivity index (χ0) is 9.45. The molecular weight excluding hydrogens is 172 g/mol. The average molecular weight is 193 g/mol. The maximum Gasteiger partial charge on any atom is 0.0462 e. The molecule has 2 heteroatoms. The molecule has 0 aromatic heterocycles. The predicted molar refractivity (Wildman–Crippen MR) is 54.8 cm³/mol. The molecule has 0 saturated carbocycles. The van der Waals surface area contributed by atoms with Crippen LogP contribution in [0.1, 0.15) is 39.5 Å². The summed E-state index contributed by atoms with van der Waals surface area (Å²) in [6.45, 7) is 5.30. The molecule has 0 amide bonds. The smallest absolute Gasteiger partial charge is 0.0462 e. The lowest BCUT2D eigenvalue weighted by Crippen LogP contribution is -2.21. The maximum absolute atomic E-state index is 5.96. The topological polar surface area (TPSA) is 9.23 Å². The van der Waals surface area contributed by atoms with E-state index in [2.05, 4.69) is 13.8 Å².